The predicted octanol–water partition coefficient (Wildman–Crippen LogP) is 2.35. The van der Waals surface area contributed by atoms with E-state index in [1.54, 1.807) is 0 Å². The lowest BCUT2D eigenvalue weighted by molar-refractivity contribution is 0.238. The number of rotatable bonds is 8. The molecule has 86 valence electrons. The predicted molar refractivity (Wildman–Crippen MR) is 64.7 cm³/mol. The van der Waals surface area contributed by atoms with E-state index >= 15 is 0 Å². The van der Waals surface area contributed by atoms with Gasteiger partial charge in [-0.25, -0.2) is 0 Å². The molecule has 0 aromatic heterocycles. The van der Waals surface area contributed by atoms with Crippen molar-refractivity contribution in [3.63, 3.8) is 0 Å². The molecule has 0 rings (SSSR count). The summed E-state index contributed by atoms with van der Waals surface area (Å²) in [6, 6.07) is 0.653. The van der Waals surface area contributed by atoms with Crippen LogP contribution in [0.2, 0.25) is 0 Å². The smallest absolute Gasteiger partial charge is 0.0189 e. The Morgan fingerprint density at radius 2 is 1.86 bits per heavy atom. The minimum Gasteiger partial charge on any atom is -0.315 e. The van der Waals surface area contributed by atoms with Crippen molar-refractivity contribution in [3.05, 3.63) is 0 Å². The van der Waals surface area contributed by atoms with Gasteiger partial charge in [0.1, 0.15) is 0 Å². The Bertz CT molecular complexity index is 123. The standard InChI is InChI=1S/C12H28N2/c1-6-8-13-10-12(4)14(5)9-7-11(2)3/h11-13H,6-10H2,1-5H3. The monoisotopic (exact) mass is 200 g/mol. The van der Waals surface area contributed by atoms with Gasteiger partial charge in [0.15, 0.2) is 0 Å². The Balaban J connectivity index is 3.49. The summed E-state index contributed by atoms with van der Waals surface area (Å²) in [6.45, 7) is 12.5. The van der Waals surface area contributed by atoms with E-state index in [-0.39, 0.29) is 0 Å². The van der Waals surface area contributed by atoms with Crippen LogP contribution in [0.15, 0.2) is 0 Å². The van der Waals surface area contributed by atoms with Crippen LogP contribution in [-0.2, 0) is 0 Å². The number of likely N-dealkylation sites (N-methyl/N-ethyl adjacent to an activating group) is 1. The Morgan fingerprint density at radius 3 is 2.36 bits per heavy atom. The first-order chi connectivity index (χ1) is 6.57. The quantitative estimate of drug-likeness (QED) is 0.605. The number of hydrogen-bond donors (Lipinski definition) is 1. The van der Waals surface area contributed by atoms with E-state index in [1.165, 1.54) is 19.4 Å². The SMILES string of the molecule is CCCNCC(C)N(C)CCC(C)C. The molecule has 0 aliphatic carbocycles. The molecule has 0 saturated carbocycles. The summed E-state index contributed by atoms with van der Waals surface area (Å²) < 4.78 is 0. The third-order valence-corrected chi connectivity index (χ3v) is 2.68. The van der Waals surface area contributed by atoms with Crippen molar-refractivity contribution in [2.75, 3.05) is 26.7 Å². The van der Waals surface area contributed by atoms with E-state index in [4.69, 9.17) is 0 Å². The molecule has 0 fully saturated rings. The molecule has 1 N–H and O–H groups in total. The minimum absolute atomic E-state index is 0.653. The van der Waals surface area contributed by atoms with Gasteiger partial charge in [-0.05, 0) is 45.8 Å². The van der Waals surface area contributed by atoms with Crippen LogP contribution in [-0.4, -0.2) is 37.6 Å². The average Bonchev–Trinajstić information content (AvgIpc) is 2.14. The van der Waals surface area contributed by atoms with Crippen LogP contribution >= 0.6 is 0 Å². The highest BCUT2D eigenvalue weighted by atomic mass is 15.1. The average molecular weight is 200 g/mol. The first kappa shape index (κ1) is 13.9. The third kappa shape index (κ3) is 7.34. The summed E-state index contributed by atoms with van der Waals surface area (Å²) in [5.74, 6) is 0.813. The molecule has 0 spiro atoms. The molecule has 0 amide bonds. The van der Waals surface area contributed by atoms with Crippen molar-refractivity contribution in [1.29, 1.82) is 0 Å². The molecule has 0 bridgehead atoms. The van der Waals surface area contributed by atoms with Gasteiger partial charge in [-0.1, -0.05) is 20.8 Å². The molecule has 2 nitrogen and oxygen atoms in total. The zero-order chi connectivity index (χ0) is 11.0. The van der Waals surface area contributed by atoms with Gasteiger partial charge in [0, 0.05) is 12.6 Å². The zero-order valence-electron chi connectivity index (χ0n) is 10.6. The Labute approximate surface area is 90.1 Å². The Morgan fingerprint density at radius 1 is 1.21 bits per heavy atom. The molecule has 14 heavy (non-hydrogen) atoms. The molecule has 0 aromatic carbocycles. The first-order valence-electron chi connectivity index (χ1n) is 5.98. The minimum atomic E-state index is 0.653. The van der Waals surface area contributed by atoms with Crippen molar-refractivity contribution in [1.82, 2.24) is 10.2 Å². The van der Waals surface area contributed by atoms with E-state index < -0.39 is 0 Å². The van der Waals surface area contributed by atoms with E-state index in [1.807, 2.05) is 0 Å². The van der Waals surface area contributed by atoms with Crippen molar-refractivity contribution in [2.45, 2.75) is 46.6 Å². The van der Waals surface area contributed by atoms with E-state index in [9.17, 15) is 0 Å². The van der Waals surface area contributed by atoms with Crippen LogP contribution in [0.5, 0.6) is 0 Å². The lowest BCUT2D eigenvalue weighted by atomic mass is 10.1. The topological polar surface area (TPSA) is 15.3 Å². The van der Waals surface area contributed by atoms with Crippen molar-refractivity contribution >= 4 is 0 Å². The second-order valence-electron chi connectivity index (χ2n) is 4.72. The Hall–Kier alpha value is -0.0800. The van der Waals surface area contributed by atoms with Crippen molar-refractivity contribution < 1.29 is 0 Å². The van der Waals surface area contributed by atoms with Gasteiger partial charge in [-0.3, -0.25) is 0 Å². The fourth-order valence-corrected chi connectivity index (χ4v) is 1.33. The van der Waals surface area contributed by atoms with Crippen LogP contribution in [0.3, 0.4) is 0 Å². The van der Waals surface area contributed by atoms with E-state index in [0.29, 0.717) is 6.04 Å². The van der Waals surface area contributed by atoms with Gasteiger partial charge in [0.25, 0.3) is 0 Å². The molecule has 0 radical (unpaired) electrons. The van der Waals surface area contributed by atoms with Gasteiger partial charge in [0.05, 0.1) is 0 Å². The van der Waals surface area contributed by atoms with Gasteiger partial charge >= 0.3 is 0 Å². The van der Waals surface area contributed by atoms with Gasteiger partial charge in [-0.15, -0.1) is 0 Å². The van der Waals surface area contributed by atoms with Gasteiger partial charge < -0.3 is 10.2 Å². The van der Waals surface area contributed by atoms with Gasteiger partial charge in [-0.2, -0.15) is 0 Å². The number of nitrogens with zero attached hydrogens (tertiary/aromatic N) is 1. The maximum Gasteiger partial charge on any atom is 0.0189 e. The van der Waals surface area contributed by atoms with Crippen LogP contribution in [0, 0.1) is 5.92 Å². The summed E-state index contributed by atoms with van der Waals surface area (Å²) in [5, 5.41) is 3.46. The van der Waals surface area contributed by atoms with Crippen molar-refractivity contribution in [3.8, 4) is 0 Å². The summed E-state index contributed by atoms with van der Waals surface area (Å²) in [7, 11) is 2.22. The summed E-state index contributed by atoms with van der Waals surface area (Å²) in [6.07, 6.45) is 2.52. The molecule has 0 aliphatic heterocycles. The molecule has 0 saturated heterocycles. The maximum atomic E-state index is 3.46. The number of nitrogens with one attached hydrogen (secondary N) is 1. The number of hydrogen-bond acceptors (Lipinski definition) is 2. The largest absolute Gasteiger partial charge is 0.315 e. The molecular formula is C12H28N2. The highest BCUT2D eigenvalue weighted by molar-refractivity contribution is 4.66. The normalized spacial score (nSPS) is 13.9. The molecule has 1 unspecified atom stereocenters. The lowest BCUT2D eigenvalue weighted by Crippen LogP contribution is -2.38. The molecule has 2 heteroatoms. The molecule has 0 heterocycles. The highest BCUT2D eigenvalue weighted by Crippen LogP contribution is 2.03. The summed E-state index contributed by atoms with van der Waals surface area (Å²) >= 11 is 0. The van der Waals surface area contributed by atoms with Crippen molar-refractivity contribution in [2.24, 2.45) is 5.92 Å². The molecular weight excluding hydrogens is 172 g/mol. The van der Waals surface area contributed by atoms with E-state index in [0.717, 1.165) is 19.0 Å². The first-order valence-corrected chi connectivity index (χ1v) is 5.98. The summed E-state index contributed by atoms with van der Waals surface area (Å²) in [4.78, 5) is 2.45. The van der Waals surface area contributed by atoms with Crippen LogP contribution in [0.4, 0.5) is 0 Å². The fourth-order valence-electron chi connectivity index (χ4n) is 1.33. The lowest BCUT2D eigenvalue weighted by Gasteiger charge is -2.25. The highest BCUT2D eigenvalue weighted by Gasteiger charge is 2.08. The van der Waals surface area contributed by atoms with Gasteiger partial charge in [0.2, 0.25) is 0 Å². The summed E-state index contributed by atoms with van der Waals surface area (Å²) in [5.41, 5.74) is 0. The second kappa shape index (κ2) is 8.25. The third-order valence-electron chi connectivity index (χ3n) is 2.68. The maximum absolute atomic E-state index is 3.46. The van der Waals surface area contributed by atoms with Crippen LogP contribution in [0.25, 0.3) is 0 Å². The van der Waals surface area contributed by atoms with Crippen LogP contribution in [0.1, 0.15) is 40.5 Å². The Kier molecular flexibility index (Phi) is 8.20. The molecule has 0 aliphatic rings. The second-order valence-corrected chi connectivity index (χ2v) is 4.72. The van der Waals surface area contributed by atoms with E-state index in [2.05, 4.69) is 45.0 Å². The molecule has 0 aromatic rings. The van der Waals surface area contributed by atoms with Crippen LogP contribution < -0.4 is 5.32 Å². The zero-order valence-corrected chi connectivity index (χ0v) is 10.6. The fraction of sp³-hybridized carbons (Fsp3) is 1.00. The molecule has 1 atom stereocenters.